The van der Waals surface area contributed by atoms with E-state index in [0.29, 0.717) is 0 Å². The van der Waals surface area contributed by atoms with Crippen molar-refractivity contribution >= 4 is 22.4 Å². The van der Waals surface area contributed by atoms with Gasteiger partial charge in [-0.05, 0) is 13.0 Å². The fourth-order valence-corrected chi connectivity index (χ4v) is 1.46. The lowest BCUT2D eigenvalue weighted by Gasteiger charge is -1.99. The van der Waals surface area contributed by atoms with Crippen LogP contribution < -0.4 is 0 Å². The van der Waals surface area contributed by atoms with Gasteiger partial charge in [0.2, 0.25) is 0 Å². The highest BCUT2D eigenvalue weighted by Gasteiger charge is 1.97. The van der Waals surface area contributed by atoms with Crippen molar-refractivity contribution in [2.24, 2.45) is 0 Å². The number of aryl methyl sites for hydroxylation is 1. The first-order valence-corrected chi connectivity index (χ1v) is 5.15. The maximum absolute atomic E-state index is 5.97. The quantitative estimate of drug-likeness (QED) is 0.630. The first-order valence-electron chi connectivity index (χ1n) is 4.77. The Hall–Kier alpha value is -1.08. The van der Waals surface area contributed by atoms with Crippen LogP contribution in [0.4, 0.5) is 0 Å². The molecule has 1 aromatic heterocycles. The molecule has 1 heterocycles. The van der Waals surface area contributed by atoms with E-state index in [9.17, 15) is 0 Å². The number of pyridine rings is 1. The number of nitrogens with zero attached hydrogens (tertiary/aromatic N) is 1. The van der Waals surface area contributed by atoms with Crippen LogP contribution in [0.1, 0.15) is 19.4 Å². The molecule has 74 valence electrons. The van der Waals surface area contributed by atoms with E-state index in [2.05, 4.69) is 24.0 Å². The molecule has 1 nitrogen and oxygen atoms in total. The van der Waals surface area contributed by atoms with Crippen LogP contribution in [0.25, 0.3) is 10.8 Å². The second-order valence-electron chi connectivity index (χ2n) is 2.85. The number of hydrogen-bond acceptors (Lipinski definition) is 1. The van der Waals surface area contributed by atoms with Gasteiger partial charge < -0.3 is 0 Å². The van der Waals surface area contributed by atoms with Crippen LogP contribution in [0, 0.1) is 6.92 Å². The molecular weight excluding hydrogens is 194 g/mol. The average Bonchev–Trinajstić information content (AvgIpc) is 2.22. The Morgan fingerprint density at radius 1 is 1.14 bits per heavy atom. The zero-order chi connectivity index (χ0) is 10.6. The molecule has 0 N–H and O–H groups in total. The van der Waals surface area contributed by atoms with Crippen molar-refractivity contribution in [2.45, 2.75) is 20.8 Å². The van der Waals surface area contributed by atoms with E-state index < -0.39 is 0 Å². The molecule has 0 aliphatic heterocycles. The smallest absolute Gasteiger partial charge is 0.0667 e. The van der Waals surface area contributed by atoms with E-state index in [0.717, 1.165) is 15.8 Å². The van der Waals surface area contributed by atoms with Gasteiger partial charge in [-0.2, -0.15) is 0 Å². The lowest BCUT2D eigenvalue weighted by Crippen LogP contribution is -1.78. The molecule has 2 heteroatoms. The Morgan fingerprint density at radius 3 is 2.57 bits per heavy atom. The molecule has 1 aromatic carbocycles. The standard InChI is InChI=1S/C10H8ClN.C2H6/c1-7-2-3-8-5-12-6-10(11)9(8)4-7;1-2/h2-6H,1H3;1-2H3. The molecule has 2 aromatic rings. The summed E-state index contributed by atoms with van der Waals surface area (Å²) in [5.74, 6) is 0. The molecule has 0 aliphatic carbocycles. The maximum atomic E-state index is 5.97. The predicted octanol–water partition coefficient (Wildman–Crippen LogP) is 4.22. The summed E-state index contributed by atoms with van der Waals surface area (Å²) in [4.78, 5) is 4.01. The van der Waals surface area contributed by atoms with E-state index in [1.54, 1.807) is 6.20 Å². The zero-order valence-electron chi connectivity index (χ0n) is 8.71. The third kappa shape index (κ3) is 2.24. The van der Waals surface area contributed by atoms with E-state index in [1.165, 1.54) is 5.56 Å². The minimum atomic E-state index is 0.719. The molecule has 0 aliphatic rings. The topological polar surface area (TPSA) is 12.9 Å². The van der Waals surface area contributed by atoms with Crippen molar-refractivity contribution in [1.29, 1.82) is 0 Å². The molecule has 0 saturated carbocycles. The number of hydrogen-bond donors (Lipinski definition) is 0. The Morgan fingerprint density at radius 2 is 1.86 bits per heavy atom. The van der Waals surface area contributed by atoms with Crippen molar-refractivity contribution in [3.63, 3.8) is 0 Å². The minimum Gasteiger partial charge on any atom is -0.263 e. The van der Waals surface area contributed by atoms with Crippen LogP contribution in [0.2, 0.25) is 5.02 Å². The predicted molar refractivity (Wildman–Crippen MR) is 62.8 cm³/mol. The highest BCUT2D eigenvalue weighted by atomic mass is 35.5. The van der Waals surface area contributed by atoms with Crippen LogP contribution in [-0.4, -0.2) is 4.98 Å². The van der Waals surface area contributed by atoms with Crippen molar-refractivity contribution in [3.05, 3.63) is 41.2 Å². The van der Waals surface area contributed by atoms with Gasteiger partial charge in [-0.25, -0.2) is 0 Å². The zero-order valence-corrected chi connectivity index (χ0v) is 9.47. The van der Waals surface area contributed by atoms with Gasteiger partial charge in [-0.1, -0.05) is 43.1 Å². The van der Waals surface area contributed by atoms with Crippen LogP contribution >= 0.6 is 11.6 Å². The largest absolute Gasteiger partial charge is 0.263 e. The molecule has 0 radical (unpaired) electrons. The van der Waals surface area contributed by atoms with E-state index in [4.69, 9.17) is 11.6 Å². The maximum Gasteiger partial charge on any atom is 0.0667 e. The van der Waals surface area contributed by atoms with Gasteiger partial charge in [-0.15, -0.1) is 0 Å². The highest BCUT2D eigenvalue weighted by Crippen LogP contribution is 2.22. The van der Waals surface area contributed by atoms with Crippen molar-refractivity contribution in [1.82, 2.24) is 4.98 Å². The van der Waals surface area contributed by atoms with Crippen LogP contribution in [-0.2, 0) is 0 Å². The average molecular weight is 208 g/mol. The van der Waals surface area contributed by atoms with Crippen molar-refractivity contribution < 1.29 is 0 Å². The van der Waals surface area contributed by atoms with E-state index >= 15 is 0 Å². The number of aromatic nitrogens is 1. The third-order valence-electron chi connectivity index (χ3n) is 1.87. The van der Waals surface area contributed by atoms with Crippen LogP contribution in [0.3, 0.4) is 0 Å². The summed E-state index contributed by atoms with van der Waals surface area (Å²) in [6, 6.07) is 6.16. The summed E-state index contributed by atoms with van der Waals surface area (Å²) < 4.78 is 0. The molecular formula is C12H14ClN. The Bertz CT molecular complexity index is 424. The lowest BCUT2D eigenvalue weighted by atomic mass is 10.1. The van der Waals surface area contributed by atoms with Gasteiger partial charge in [0, 0.05) is 23.2 Å². The summed E-state index contributed by atoms with van der Waals surface area (Å²) in [5.41, 5.74) is 1.22. The molecule has 14 heavy (non-hydrogen) atoms. The lowest BCUT2D eigenvalue weighted by molar-refractivity contribution is 1.36. The first kappa shape index (κ1) is 11.0. The summed E-state index contributed by atoms with van der Waals surface area (Å²) in [5, 5.41) is 2.89. The Labute approximate surface area is 89.7 Å². The second kappa shape index (κ2) is 4.97. The molecule has 0 spiro atoms. The Balaban J connectivity index is 0.000000461. The van der Waals surface area contributed by atoms with E-state index in [-0.39, 0.29) is 0 Å². The highest BCUT2D eigenvalue weighted by molar-refractivity contribution is 6.35. The molecule has 0 fully saturated rings. The van der Waals surface area contributed by atoms with Crippen LogP contribution in [0.5, 0.6) is 0 Å². The summed E-state index contributed by atoms with van der Waals surface area (Å²) >= 11 is 5.97. The monoisotopic (exact) mass is 207 g/mol. The van der Waals surface area contributed by atoms with E-state index in [1.807, 2.05) is 26.1 Å². The van der Waals surface area contributed by atoms with Gasteiger partial charge in [0.25, 0.3) is 0 Å². The summed E-state index contributed by atoms with van der Waals surface area (Å²) in [6.07, 6.45) is 3.49. The van der Waals surface area contributed by atoms with Gasteiger partial charge in [0.1, 0.15) is 0 Å². The summed E-state index contributed by atoms with van der Waals surface area (Å²) in [7, 11) is 0. The SMILES string of the molecule is CC.Cc1ccc2cncc(Cl)c2c1. The van der Waals surface area contributed by atoms with Crippen molar-refractivity contribution in [3.8, 4) is 0 Å². The first-order chi connectivity index (χ1) is 6.77. The normalized spacial score (nSPS) is 9.43. The molecule has 0 atom stereocenters. The molecule has 0 unspecified atom stereocenters. The second-order valence-corrected chi connectivity index (χ2v) is 3.25. The minimum absolute atomic E-state index is 0.719. The van der Waals surface area contributed by atoms with Gasteiger partial charge in [0.05, 0.1) is 5.02 Å². The number of fused-ring (bicyclic) bond motifs is 1. The van der Waals surface area contributed by atoms with Gasteiger partial charge >= 0.3 is 0 Å². The molecule has 0 amide bonds. The summed E-state index contributed by atoms with van der Waals surface area (Å²) in [6.45, 7) is 6.05. The number of benzene rings is 1. The van der Waals surface area contributed by atoms with Gasteiger partial charge in [0.15, 0.2) is 0 Å². The molecule has 2 rings (SSSR count). The Kier molecular flexibility index (Phi) is 3.90. The number of rotatable bonds is 0. The fourth-order valence-electron chi connectivity index (χ4n) is 1.24. The van der Waals surface area contributed by atoms with Gasteiger partial charge in [-0.3, -0.25) is 4.98 Å². The molecule has 0 saturated heterocycles. The number of halogens is 1. The molecule has 0 bridgehead atoms. The fraction of sp³-hybridized carbons (Fsp3) is 0.250. The third-order valence-corrected chi connectivity index (χ3v) is 2.17. The van der Waals surface area contributed by atoms with Crippen LogP contribution in [0.15, 0.2) is 30.6 Å². The van der Waals surface area contributed by atoms with Crippen molar-refractivity contribution in [2.75, 3.05) is 0 Å².